The maximum absolute atomic E-state index is 12.3. The Bertz CT molecular complexity index is 1130. The quantitative estimate of drug-likeness (QED) is 0.528. The first-order valence-corrected chi connectivity index (χ1v) is 11.0. The van der Waals surface area contributed by atoms with Crippen LogP contribution in [0.3, 0.4) is 0 Å². The van der Waals surface area contributed by atoms with E-state index in [1.165, 1.54) is 4.88 Å². The molecule has 1 fully saturated rings. The smallest absolute Gasteiger partial charge is 0.270 e. The number of carbonyl (C=O) groups is 1. The molecule has 0 aromatic carbocycles. The normalized spacial score (nSPS) is 18.4. The third-order valence-corrected chi connectivity index (χ3v) is 6.75. The fraction of sp³-hybridized carbons (Fsp3) is 0.250. The van der Waals surface area contributed by atoms with Crippen LogP contribution in [0.2, 0.25) is 0 Å². The first-order chi connectivity index (χ1) is 14.2. The van der Waals surface area contributed by atoms with Gasteiger partial charge in [-0.3, -0.25) is 14.3 Å². The van der Waals surface area contributed by atoms with Crippen molar-refractivity contribution in [3.8, 4) is 15.8 Å². The van der Waals surface area contributed by atoms with E-state index in [9.17, 15) is 4.79 Å². The Hall–Kier alpha value is -2.91. The number of rotatable bonds is 5. The van der Waals surface area contributed by atoms with Crippen LogP contribution in [0.25, 0.3) is 15.8 Å². The number of thiazole rings is 1. The van der Waals surface area contributed by atoms with E-state index in [1.54, 1.807) is 47.2 Å². The summed E-state index contributed by atoms with van der Waals surface area (Å²) >= 11 is 3.27. The molecule has 1 saturated carbocycles. The molecule has 0 spiro atoms. The van der Waals surface area contributed by atoms with E-state index in [-0.39, 0.29) is 17.9 Å². The van der Waals surface area contributed by atoms with Gasteiger partial charge in [-0.15, -0.1) is 32.9 Å². The Labute approximate surface area is 175 Å². The molecule has 29 heavy (non-hydrogen) atoms. The average molecular weight is 423 g/mol. The highest BCUT2D eigenvalue weighted by Crippen LogP contribution is 2.39. The van der Waals surface area contributed by atoms with Gasteiger partial charge in [0.05, 0.1) is 0 Å². The van der Waals surface area contributed by atoms with E-state index >= 15 is 0 Å². The summed E-state index contributed by atoms with van der Waals surface area (Å²) in [7, 11) is 0. The summed E-state index contributed by atoms with van der Waals surface area (Å²) in [6, 6.07) is 9.66. The molecule has 0 aliphatic heterocycles. The SMILES string of the molecule is Cc1ccc(-n2c(-c3nccs3)nnc2C2CC(NC(=O)c3ccccn3)C2)s1. The van der Waals surface area contributed by atoms with Crippen molar-refractivity contribution in [2.75, 3.05) is 0 Å². The molecule has 1 aliphatic carbocycles. The third kappa shape index (κ3) is 3.47. The minimum absolute atomic E-state index is 0.119. The third-order valence-electron chi connectivity index (χ3n) is 4.99. The molecule has 1 amide bonds. The Morgan fingerprint density at radius 2 is 2.03 bits per heavy atom. The molecule has 0 saturated heterocycles. The number of amides is 1. The van der Waals surface area contributed by atoms with Crippen LogP contribution in [0.15, 0.2) is 48.1 Å². The zero-order valence-electron chi connectivity index (χ0n) is 15.6. The van der Waals surface area contributed by atoms with Crippen LogP contribution < -0.4 is 5.32 Å². The Morgan fingerprint density at radius 3 is 2.72 bits per heavy atom. The number of thiophene rings is 1. The molecule has 146 valence electrons. The van der Waals surface area contributed by atoms with Crippen LogP contribution in [0.1, 0.15) is 39.9 Å². The molecular weight excluding hydrogens is 404 g/mol. The van der Waals surface area contributed by atoms with Gasteiger partial charge in [0.15, 0.2) is 10.8 Å². The molecule has 4 heterocycles. The number of hydrogen-bond donors (Lipinski definition) is 1. The van der Waals surface area contributed by atoms with Crippen LogP contribution in [0.5, 0.6) is 0 Å². The standard InChI is InChI=1S/C20H18N6OS2/c1-12-5-6-16(29-12)26-17(24-25-18(26)20-22-8-9-28-20)13-10-14(11-13)23-19(27)15-4-2-3-7-21-15/h2-9,13-14H,10-11H2,1H3,(H,23,27). The Kier molecular flexibility index (Phi) is 4.69. The average Bonchev–Trinajstić information content (AvgIpc) is 3.44. The van der Waals surface area contributed by atoms with Crippen LogP contribution >= 0.6 is 22.7 Å². The second-order valence-corrected chi connectivity index (χ2v) is 9.15. The first-order valence-electron chi connectivity index (χ1n) is 9.33. The molecule has 4 aromatic heterocycles. The largest absolute Gasteiger partial charge is 0.348 e. The van der Waals surface area contributed by atoms with Crippen LogP contribution in [0, 0.1) is 6.92 Å². The lowest BCUT2D eigenvalue weighted by atomic mass is 9.79. The predicted molar refractivity (Wildman–Crippen MR) is 113 cm³/mol. The number of nitrogens with zero attached hydrogens (tertiary/aromatic N) is 5. The number of nitrogens with one attached hydrogen (secondary N) is 1. The van der Waals surface area contributed by atoms with Crippen molar-refractivity contribution < 1.29 is 4.79 Å². The fourth-order valence-electron chi connectivity index (χ4n) is 3.50. The lowest BCUT2D eigenvalue weighted by molar-refractivity contribution is 0.0902. The van der Waals surface area contributed by atoms with Gasteiger partial charge in [0.1, 0.15) is 16.5 Å². The Morgan fingerprint density at radius 1 is 1.14 bits per heavy atom. The fourth-order valence-corrected chi connectivity index (χ4v) is 4.98. The summed E-state index contributed by atoms with van der Waals surface area (Å²) in [6.07, 6.45) is 5.08. The second-order valence-electron chi connectivity index (χ2n) is 6.99. The molecule has 1 N–H and O–H groups in total. The zero-order valence-corrected chi connectivity index (χ0v) is 17.3. The molecule has 1 aliphatic rings. The van der Waals surface area contributed by atoms with Gasteiger partial charge in [-0.1, -0.05) is 6.07 Å². The van der Waals surface area contributed by atoms with E-state index in [1.807, 2.05) is 11.4 Å². The topological polar surface area (TPSA) is 85.6 Å². The van der Waals surface area contributed by atoms with Crippen molar-refractivity contribution in [3.63, 3.8) is 0 Å². The van der Waals surface area contributed by atoms with E-state index in [0.717, 1.165) is 34.5 Å². The molecule has 7 nitrogen and oxygen atoms in total. The second kappa shape index (κ2) is 7.49. The summed E-state index contributed by atoms with van der Waals surface area (Å²) in [5.74, 6) is 1.82. The highest BCUT2D eigenvalue weighted by Gasteiger charge is 2.36. The lowest BCUT2D eigenvalue weighted by Gasteiger charge is -2.35. The van der Waals surface area contributed by atoms with Crippen molar-refractivity contribution in [1.82, 2.24) is 30.0 Å². The van der Waals surface area contributed by atoms with Gasteiger partial charge in [0, 0.05) is 34.6 Å². The van der Waals surface area contributed by atoms with Gasteiger partial charge in [0.25, 0.3) is 5.91 Å². The lowest BCUT2D eigenvalue weighted by Crippen LogP contribution is -2.44. The van der Waals surface area contributed by atoms with Gasteiger partial charge in [-0.25, -0.2) is 4.98 Å². The van der Waals surface area contributed by atoms with Crippen LogP contribution in [-0.2, 0) is 0 Å². The molecule has 0 unspecified atom stereocenters. The van der Waals surface area contributed by atoms with Crippen LogP contribution in [-0.4, -0.2) is 36.7 Å². The van der Waals surface area contributed by atoms with Crippen molar-refractivity contribution in [3.05, 3.63) is 64.5 Å². The van der Waals surface area contributed by atoms with E-state index in [2.05, 4.69) is 49.1 Å². The summed E-state index contributed by atoms with van der Waals surface area (Å²) in [5, 5.41) is 15.9. The van der Waals surface area contributed by atoms with Crippen LogP contribution in [0.4, 0.5) is 0 Å². The zero-order chi connectivity index (χ0) is 19.8. The van der Waals surface area contributed by atoms with Gasteiger partial charge in [-0.2, -0.15) is 0 Å². The molecule has 0 bridgehead atoms. The maximum atomic E-state index is 12.3. The summed E-state index contributed by atoms with van der Waals surface area (Å²) in [6.45, 7) is 2.09. The van der Waals surface area contributed by atoms with Crippen molar-refractivity contribution in [2.45, 2.75) is 31.7 Å². The molecular formula is C20H18N6OS2. The van der Waals surface area contributed by atoms with Crippen molar-refractivity contribution in [1.29, 1.82) is 0 Å². The molecule has 9 heteroatoms. The summed E-state index contributed by atoms with van der Waals surface area (Å²) < 4.78 is 2.12. The minimum Gasteiger partial charge on any atom is -0.348 e. The number of aromatic nitrogens is 5. The monoisotopic (exact) mass is 422 g/mol. The van der Waals surface area contributed by atoms with E-state index in [0.29, 0.717) is 5.69 Å². The minimum atomic E-state index is -0.132. The van der Waals surface area contributed by atoms with Gasteiger partial charge >= 0.3 is 0 Å². The highest BCUT2D eigenvalue weighted by atomic mass is 32.1. The molecule has 4 aromatic rings. The summed E-state index contributed by atoms with van der Waals surface area (Å²) in [5.41, 5.74) is 0.444. The number of carbonyl (C=O) groups excluding carboxylic acids is 1. The predicted octanol–water partition coefficient (Wildman–Crippen LogP) is 3.83. The highest BCUT2D eigenvalue weighted by molar-refractivity contribution is 7.14. The van der Waals surface area contributed by atoms with Gasteiger partial charge < -0.3 is 5.32 Å². The number of aryl methyl sites for hydroxylation is 1. The maximum Gasteiger partial charge on any atom is 0.270 e. The molecule has 0 radical (unpaired) electrons. The molecule has 0 atom stereocenters. The van der Waals surface area contributed by atoms with Crippen molar-refractivity contribution >= 4 is 28.6 Å². The number of hydrogen-bond acceptors (Lipinski definition) is 7. The summed E-state index contributed by atoms with van der Waals surface area (Å²) in [4.78, 5) is 22.1. The molecule has 5 rings (SSSR count). The van der Waals surface area contributed by atoms with Gasteiger partial charge in [-0.05, 0) is 44.0 Å². The van der Waals surface area contributed by atoms with E-state index < -0.39 is 0 Å². The first kappa shape index (κ1) is 18.1. The van der Waals surface area contributed by atoms with E-state index in [4.69, 9.17) is 0 Å². The number of pyridine rings is 1. The van der Waals surface area contributed by atoms with Crippen molar-refractivity contribution in [2.24, 2.45) is 0 Å². The van der Waals surface area contributed by atoms with Gasteiger partial charge in [0.2, 0.25) is 0 Å². The Balaban J connectivity index is 1.37.